The summed E-state index contributed by atoms with van der Waals surface area (Å²) in [5, 5.41) is 0. The van der Waals surface area contributed by atoms with Crippen LogP contribution in [0.3, 0.4) is 0 Å². The Kier molecular flexibility index (Phi) is 8.53. The van der Waals surface area contributed by atoms with Crippen LogP contribution in [-0.2, 0) is 0 Å². The van der Waals surface area contributed by atoms with Gasteiger partial charge in [0.1, 0.15) is 5.75 Å². The van der Waals surface area contributed by atoms with Crippen LogP contribution >= 0.6 is 0 Å². The molecule has 0 bridgehead atoms. The molecule has 0 amide bonds. The zero-order chi connectivity index (χ0) is 24.8. The molecule has 0 N–H and O–H groups in total. The second kappa shape index (κ2) is 11.8. The van der Waals surface area contributed by atoms with Crippen molar-refractivity contribution in [1.29, 1.82) is 0 Å². The lowest BCUT2D eigenvalue weighted by Crippen LogP contribution is -2.30. The number of esters is 1. The van der Waals surface area contributed by atoms with E-state index in [0.717, 1.165) is 29.9 Å². The molecule has 4 unspecified atom stereocenters. The van der Waals surface area contributed by atoms with E-state index in [-0.39, 0.29) is 5.75 Å². The fraction of sp³-hybridized carbons (Fsp3) is 0.483. The highest BCUT2D eigenvalue weighted by Crippen LogP contribution is 2.48. The summed E-state index contributed by atoms with van der Waals surface area (Å²) in [5.41, 5.74) is 1.60. The van der Waals surface area contributed by atoms with E-state index in [1.54, 1.807) is 12.1 Å². The summed E-state index contributed by atoms with van der Waals surface area (Å²) in [6.45, 7) is -1.04. The number of ether oxygens (including phenoxy) is 2. The average molecular weight is 487 g/mol. The molecule has 2 fully saturated rings. The first kappa shape index (κ1) is 25.3. The summed E-state index contributed by atoms with van der Waals surface area (Å²) < 4.78 is 47.7. The van der Waals surface area contributed by atoms with E-state index in [9.17, 15) is 18.0 Å². The Labute approximate surface area is 205 Å². The molecule has 0 aromatic heterocycles. The maximum Gasteiger partial charge on any atom is 0.387 e. The normalized spacial score (nSPS) is 24.4. The van der Waals surface area contributed by atoms with E-state index in [0.29, 0.717) is 11.5 Å². The third-order valence-electron chi connectivity index (χ3n) is 7.65. The van der Waals surface area contributed by atoms with Crippen LogP contribution < -0.4 is 9.47 Å². The number of hydrogen-bond donors (Lipinski definition) is 0. The van der Waals surface area contributed by atoms with Gasteiger partial charge in [-0.25, -0.2) is 9.18 Å². The highest BCUT2D eigenvalue weighted by molar-refractivity contribution is 5.91. The van der Waals surface area contributed by atoms with Crippen LogP contribution in [0.15, 0.2) is 54.6 Å². The van der Waals surface area contributed by atoms with Gasteiger partial charge < -0.3 is 9.47 Å². The summed E-state index contributed by atoms with van der Waals surface area (Å²) in [4.78, 5) is 12.5. The topological polar surface area (TPSA) is 35.5 Å². The number of fused-ring (bicyclic) bond motifs is 1. The largest absolute Gasteiger partial charge is 0.432 e. The van der Waals surface area contributed by atoms with Gasteiger partial charge in [0.2, 0.25) is 0 Å². The molecular weight excluding hydrogens is 453 g/mol. The number of rotatable bonds is 8. The van der Waals surface area contributed by atoms with Gasteiger partial charge in [0.15, 0.2) is 11.6 Å². The molecule has 0 heterocycles. The fourth-order valence-electron chi connectivity index (χ4n) is 5.84. The standard InChI is InChI=1S/C29H33F3O3/c1-2-3-4-5-19-6-7-24-17-23(13-12-22(24)16-19)20-8-10-21(11-9-20)28(33)34-25-14-15-27(26(30)18-25)35-29(31)32/h2-3,8-11,14-15,18-19,22-24,29H,4-7,12-13,16-17H2,1H3/b3-2+. The number of allylic oxidation sites excluding steroid dienone is 2. The van der Waals surface area contributed by atoms with Crippen molar-refractivity contribution in [1.82, 2.24) is 0 Å². The van der Waals surface area contributed by atoms with Gasteiger partial charge in [-0.05, 0) is 105 Å². The van der Waals surface area contributed by atoms with E-state index in [1.165, 1.54) is 63.0 Å². The molecule has 2 aliphatic rings. The number of carbonyl (C=O) groups is 1. The first-order valence-electron chi connectivity index (χ1n) is 12.6. The summed E-state index contributed by atoms with van der Waals surface area (Å²) in [6, 6.07) is 10.6. The van der Waals surface area contributed by atoms with E-state index < -0.39 is 24.1 Å². The Hall–Kier alpha value is -2.76. The smallest absolute Gasteiger partial charge is 0.387 e. The molecule has 2 saturated carbocycles. The molecule has 0 aliphatic heterocycles. The van der Waals surface area contributed by atoms with Crippen molar-refractivity contribution in [3.63, 3.8) is 0 Å². The van der Waals surface area contributed by atoms with Gasteiger partial charge in [-0.3, -0.25) is 0 Å². The maximum absolute atomic E-state index is 13.9. The van der Waals surface area contributed by atoms with Gasteiger partial charge in [0.05, 0.1) is 5.56 Å². The lowest BCUT2D eigenvalue weighted by Gasteiger charge is -2.42. The van der Waals surface area contributed by atoms with E-state index in [1.807, 2.05) is 12.1 Å². The molecule has 35 heavy (non-hydrogen) atoms. The molecule has 188 valence electrons. The maximum atomic E-state index is 13.9. The Morgan fingerprint density at radius 3 is 2.49 bits per heavy atom. The molecular formula is C29H33F3O3. The highest BCUT2D eigenvalue weighted by atomic mass is 19.3. The third-order valence-corrected chi connectivity index (χ3v) is 7.65. The minimum atomic E-state index is -3.13. The highest BCUT2D eigenvalue weighted by Gasteiger charge is 2.35. The van der Waals surface area contributed by atoms with Crippen molar-refractivity contribution < 1.29 is 27.4 Å². The predicted molar refractivity (Wildman–Crippen MR) is 129 cm³/mol. The Morgan fingerprint density at radius 1 is 1.03 bits per heavy atom. The fourth-order valence-corrected chi connectivity index (χ4v) is 5.84. The van der Waals surface area contributed by atoms with E-state index in [4.69, 9.17) is 4.74 Å². The van der Waals surface area contributed by atoms with Crippen molar-refractivity contribution in [3.05, 3.63) is 71.6 Å². The molecule has 2 aliphatic carbocycles. The molecule has 6 heteroatoms. The first-order valence-corrected chi connectivity index (χ1v) is 12.6. The van der Waals surface area contributed by atoms with Crippen LogP contribution in [0.5, 0.6) is 11.5 Å². The Bertz CT molecular complexity index is 1020. The Balaban J connectivity index is 1.31. The van der Waals surface area contributed by atoms with Crippen LogP contribution in [0.2, 0.25) is 0 Å². The minimum Gasteiger partial charge on any atom is -0.432 e. The van der Waals surface area contributed by atoms with Crippen LogP contribution in [0.1, 0.15) is 80.1 Å². The minimum absolute atomic E-state index is 0.0714. The van der Waals surface area contributed by atoms with Crippen molar-refractivity contribution in [3.8, 4) is 11.5 Å². The van der Waals surface area contributed by atoms with E-state index in [2.05, 4.69) is 23.8 Å². The molecule has 4 atom stereocenters. The second-order valence-electron chi connectivity index (χ2n) is 9.84. The summed E-state index contributed by atoms with van der Waals surface area (Å²) in [5.74, 6) is 0.713. The lowest BCUT2D eigenvalue weighted by molar-refractivity contribution is -0.0522. The van der Waals surface area contributed by atoms with Crippen LogP contribution in [0, 0.1) is 23.6 Å². The van der Waals surface area contributed by atoms with Gasteiger partial charge in [0, 0.05) is 6.07 Å². The number of benzene rings is 2. The summed E-state index contributed by atoms with van der Waals surface area (Å²) in [7, 11) is 0. The van der Waals surface area contributed by atoms with Gasteiger partial charge in [-0.2, -0.15) is 8.78 Å². The van der Waals surface area contributed by atoms with Crippen LogP contribution in [0.25, 0.3) is 0 Å². The zero-order valence-electron chi connectivity index (χ0n) is 20.1. The predicted octanol–water partition coefficient (Wildman–Crippen LogP) is 8.30. The van der Waals surface area contributed by atoms with Crippen LogP contribution in [-0.4, -0.2) is 12.6 Å². The average Bonchev–Trinajstić information content (AvgIpc) is 2.85. The number of alkyl halides is 2. The second-order valence-corrected chi connectivity index (χ2v) is 9.84. The molecule has 0 spiro atoms. The molecule has 2 aromatic rings. The monoisotopic (exact) mass is 486 g/mol. The summed E-state index contributed by atoms with van der Waals surface area (Å²) in [6.07, 6.45) is 14.6. The zero-order valence-corrected chi connectivity index (χ0v) is 20.1. The molecule has 2 aromatic carbocycles. The van der Waals surface area contributed by atoms with Crippen molar-refractivity contribution in [2.75, 3.05) is 0 Å². The molecule has 0 saturated heterocycles. The SMILES string of the molecule is C/C=C/CCC1CCC2CC(c3ccc(C(=O)Oc4ccc(OC(F)F)c(F)c4)cc3)CCC2C1. The number of hydrogen-bond acceptors (Lipinski definition) is 3. The van der Waals surface area contributed by atoms with Gasteiger partial charge in [-0.15, -0.1) is 0 Å². The molecule has 0 radical (unpaired) electrons. The van der Waals surface area contributed by atoms with Gasteiger partial charge in [-0.1, -0.05) is 30.7 Å². The van der Waals surface area contributed by atoms with Gasteiger partial charge in [0.25, 0.3) is 0 Å². The van der Waals surface area contributed by atoms with Crippen molar-refractivity contribution >= 4 is 5.97 Å². The number of halogens is 3. The number of carbonyl (C=O) groups excluding carboxylic acids is 1. The van der Waals surface area contributed by atoms with Crippen molar-refractivity contribution in [2.24, 2.45) is 17.8 Å². The van der Waals surface area contributed by atoms with Crippen molar-refractivity contribution in [2.45, 2.75) is 70.8 Å². The molecule has 4 rings (SSSR count). The van der Waals surface area contributed by atoms with Gasteiger partial charge >= 0.3 is 12.6 Å². The molecule has 3 nitrogen and oxygen atoms in total. The summed E-state index contributed by atoms with van der Waals surface area (Å²) >= 11 is 0. The quantitative estimate of drug-likeness (QED) is 0.214. The van der Waals surface area contributed by atoms with E-state index >= 15 is 0 Å². The van der Waals surface area contributed by atoms with Crippen LogP contribution in [0.4, 0.5) is 13.2 Å². The first-order chi connectivity index (χ1) is 16.9. The Morgan fingerprint density at radius 2 is 1.77 bits per heavy atom. The third kappa shape index (κ3) is 6.68. The lowest BCUT2D eigenvalue weighted by atomic mass is 9.63.